The van der Waals surface area contributed by atoms with Crippen LogP contribution in [0.4, 0.5) is 0 Å². The summed E-state index contributed by atoms with van der Waals surface area (Å²) in [6, 6.07) is 6.64. The Balaban J connectivity index is 2.61. The monoisotopic (exact) mass is 370 g/mol. The predicted molar refractivity (Wildman–Crippen MR) is 81.1 cm³/mol. The van der Waals surface area contributed by atoms with Crippen LogP contribution in [0.25, 0.3) is 0 Å². The SMILES string of the molecule is CCC(OC(=O)/C=C/C(=O)OC)C(=O)Oc1ccc(Br)cc1. The lowest BCUT2D eigenvalue weighted by molar-refractivity contribution is -0.159. The number of hydrogen-bond acceptors (Lipinski definition) is 6. The molecule has 0 aliphatic heterocycles. The molecule has 1 unspecified atom stereocenters. The highest BCUT2D eigenvalue weighted by Gasteiger charge is 2.22. The first-order valence-electron chi connectivity index (χ1n) is 6.40. The van der Waals surface area contributed by atoms with Crippen molar-refractivity contribution in [2.24, 2.45) is 0 Å². The molecule has 0 fully saturated rings. The molecule has 0 aromatic heterocycles. The van der Waals surface area contributed by atoms with Crippen LogP contribution in [0.3, 0.4) is 0 Å². The predicted octanol–water partition coefficient (Wildman–Crippen LogP) is 2.41. The van der Waals surface area contributed by atoms with Gasteiger partial charge in [0.25, 0.3) is 0 Å². The lowest BCUT2D eigenvalue weighted by atomic mass is 10.3. The van der Waals surface area contributed by atoms with Gasteiger partial charge in [-0.1, -0.05) is 22.9 Å². The lowest BCUT2D eigenvalue weighted by Gasteiger charge is -2.14. The Bertz CT molecular complexity index is 564. The number of carbonyl (C=O) groups excluding carboxylic acids is 3. The third kappa shape index (κ3) is 6.09. The van der Waals surface area contributed by atoms with Crippen molar-refractivity contribution in [1.29, 1.82) is 0 Å². The van der Waals surface area contributed by atoms with Crippen molar-refractivity contribution in [1.82, 2.24) is 0 Å². The van der Waals surface area contributed by atoms with E-state index in [-0.39, 0.29) is 6.42 Å². The van der Waals surface area contributed by atoms with Gasteiger partial charge in [-0.2, -0.15) is 0 Å². The van der Waals surface area contributed by atoms with E-state index in [0.717, 1.165) is 16.6 Å². The minimum atomic E-state index is -1.06. The second kappa shape index (κ2) is 8.99. The number of hydrogen-bond donors (Lipinski definition) is 0. The van der Waals surface area contributed by atoms with Crippen molar-refractivity contribution in [2.45, 2.75) is 19.4 Å². The molecule has 0 N–H and O–H groups in total. The Morgan fingerprint density at radius 3 is 2.27 bits per heavy atom. The first-order chi connectivity index (χ1) is 10.5. The summed E-state index contributed by atoms with van der Waals surface area (Å²) < 4.78 is 15.2. The van der Waals surface area contributed by atoms with E-state index in [1.807, 2.05) is 0 Å². The molecule has 0 bridgehead atoms. The van der Waals surface area contributed by atoms with Crippen molar-refractivity contribution in [2.75, 3.05) is 7.11 Å². The Kier molecular flexibility index (Phi) is 7.31. The lowest BCUT2D eigenvalue weighted by Crippen LogP contribution is -2.30. The van der Waals surface area contributed by atoms with Crippen LogP contribution in [-0.2, 0) is 23.9 Å². The van der Waals surface area contributed by atoms with E-state index in [9.17, 15) is 14.4 Å². The summed E-state index contributed by atoms with van der Waals surface area (Å²) >= 11 is 3.27. The third-order valence-electron chi connectivity index (χ3n) is 2.48. The highest BCUT2D eigenvalue weighted by molar-refractivity contribution is 9.10. The molecular formula is C15H15BrO6. The van der Waals surface area contributed by atoms with Gasteiger partial charge in [0.05, 0.1) is 7.11 Å². The van der Waals surface area contributed by atoms with Crippen LogP contribution in [0.1, 0.15) is 13.3 Å². The van der Waals surface area contributed by atoms with Crippen LogP contribution >= 0.6 is 15.9 Å². The Hall–Kier alpha value is -2.15. The molecule has 1 aromatic carbocycles. The van der Waals surface area contributed by atoms with Crippen molar-refractivity contribution in [3.8, 4) is 5.75 Å². The summed E-state index contributed by atoms with van der Waals surface area (Å²) in [5.74, 6) is -1.87. The molecule has 0 saturated heterocycles. The second-order valence-corrected chi connectivity index (χ2v) is 4.98. The number of ether oxygens (including phenoxy) is 3. The number of halogens is 1. The zero-order valence-electron chi connectivity index (χ0n) is 12.1. The van der Waals surface area contributed by atoms with Gasteiger partial charge in [0.1, 0.15) is 5.75 Å². The van der Waals surface area contributed by atoms with Crippen molar-refractivity contribution >= 4 is 33.8 Å². The van der Waals surface area contributed by atoms with Gasteiger partial charge in [-0.05, 0) is 30.7 Å². The van der Waals surface area contributed by atoms with E-state index in [1.165, 1.54) is 7.11 Å². The molecule has 22 heavy (non-hydrogen) atoms. The van der Waals surface area contributed by atoms with E-state index in [1.54, 1.807) is 31.2 Å². The maximum absolute atomic E-state index is 11.9. The summed E-state index contributed by atoms with van der Waals surface area (Å²) in [4.78, 5) is 34.3. The quantitative estimate of drug-likeness (QED) is 0.434. The van der Waals surface area contributed by atoms with E-state index in [4.69, 9.17) is 9.47 Å². The highest BCUT2D eigenvalue weighted by Crippen LogP contribution is 2.17. The maximum atomic E-state index is 11.9. The van der Waals surface area contributed by atoms with Crippen molar-refractivity contribution < 1.29 is 28.6 Å². The first-order valence-corrected chi connectivity index (χ1v) is 7.19. The highest BCUT2D eigenvalue weighted by atomic mass is 79.9. The van der Waals surface area contributed by atoms with Gasteiger partial charge >= 0.3 is 17.9 Å². The van der Waals surface area contributed by atoms with Crippen LogP contribution in [0.5, 0.6) is 5.75 Å². The Labute approximate surface area is 136 Å². The van der Waals surface area contributed by atoms with Gasteiger partial charge < -0.3 is 14.2 Å². The largest absolute Gasteiger partial charge is 0.466 e. The zero-order valence-corrected chi connectivity index (χ0v) is 13.7. The molecule has 1 aromatic rings. The number of esters is 3. The van der Waals surface area contributed by atoms with Crippen LogP contribution in [-0.4, -0.2) is 31.1 Å². The normalized spacial score (nSPS) is 11.8. The van der Waals surface area contributed by atoms with Crippen LogP contribution in [0.15, 0.2) is 40.9 Å². The van der Waals surface area contributed by atoms with Gasteiger partial charge in [-0.25, -0.2) is 14.4 Å². The zero-order chi connectivity index (χ0) is 16.5. The van der Waals surface area contributed by atoms with E-state index < -0.39 is 24.0 Å². The molecule has 0 saturated carbocycles. The summed E-state index contributed by atoms with van der Waals surface area (Å²) in [7, 11) is 1.18. The minimum absolute atomic E-state index is 0.243. The molecule has 0 aliphatic rings. The maximum Gasteiger partial charge on any atom is 0.352 e. The van der Waals surface area contributed by atoms with Gasteiger partial charge in [0, 0.05) is 16.6 Å². The standard InChI is InChI=1S/C15H15BrO6/c1-3-12(22-14(18)9-8-13(17)20-2)15(19)21-11-6-4-10(16)5-7-11/h4-9,12H,3H2,1-2H3/b9-8+. The minimum Gasteiger partial charge on any atom is -0.466 e. The molecule has 0 amide bonds. The van der Waals surface area contributed by atoms with Crippen molar-refractivity contribution in [3.63, 3.8) is 0 Å². The molecular weight excluding hydrogens is 356 g/mol. The molecule has 1 atom stereocenters. The Morgan fingerprint density at radius 1 is 1.14 bits per heavy atom. The molecule has 7 heteroatoms. The summed E-state index contributed by atoms with van der Waals surface area (Å²) in [5, 5.41) is 0. The average molecular weight is 371 g/mol. The molecule has 0 heterocycles. The van der Waals surface area contributed by atoms with E-state index >= 15 is 0 Å². The number of carbonyl (C=O) groups is 3. The topological polar surface area (TPSA) is 78.9 Å². The van der Waals surface area contributed by atoms with E-state index in [0.29, 0.717) is 5.75 Å². The van der Waals surface area contributed by atoms with Crippen LogP contribution in [0, 0.1) is 0 Å². The number of benzene rings is 1. The van der Waals surface area contributed by atoms with Crippen LogP contribution < -0.4 is 4.74 Å². The van der Waals surface area contributed by atoms with Gasteiger partial charge in [0.2, 0.25) is 0 Å². The average Bonchev–Trinajstić information content (AvgIpc) is 2.52. The molecule has 0 radical (unpaired) electrons. The van der Waals surface area contributed by atoms with Crippen molar-refractivity contribution in [3.05, 3.63) is 40.9 Å². The smallest absolute Gasteiger partial charge is 0.352 e. The summed E-state index contributed by atoms with van der Waals surface area (Å²) in [5.41, 5.74) is 0. The molecule has 118 valence electrons. The summed E-state index contributed by atoms with van der Waals surface area (Å²) in [6.07, 6.45) is 0.988. The number of methoxy groups -OCH3 is 1. The number of rotatable bonds is 6. The first kappa shape index (κ1) is 17.9. The van der Waals surface area contributed by atoms with Gasteiger partial charge in [-0.15, -0.1) is 0 Å². The molecule has 6 nitrogen and oxygen atoms in total. The molecule has 1 rings (SSSR count). The fraction of sp³-hybridized carbons (Fsp3) is 0.267. The third-order valence-corrected chi connectivity index (χ3v) is 3.01. The Morgan fingerprint density at radius 2 is 1.73 bits per heavy atom. The van der Waals surface area contributed by atoms with E-state index in [2.05, 4.69) is 20.7 Å². The second-order valence-electron chi connectivity index (χ2n) is 4.07. The molecule has 0 spiro atoms. The van der Waals surface area contributed by atoms with Gasteiger partial charge in [-0.3, -0.25) is 0 Å². The summed E-state index contributed by atoms with van der Waals surface area (Å²) in [6.45, 7) is 1.67. The van der Waals surface area contributed by atoms with Crippen LogP contribution in [0.2, 0.25) is 0 Å². The van der Waals surface area contributed by atoms with Gasteiger partial charge in [0.15, 0.2) is 6.10 Å². The fourth-order valence-electron chi connectivity index (χ4n) is 1.37. The molecule has 0 aliphatic carbocycles. The fourth-order valence-corrected chi connectivity index (χ4v) is 1.63.